The van der Waals surface area contributed by atoms with Gasteiger partial charge in [0.25, 0.3) is 10.3 Å². The molecule has 1 heterocycles. The van der Waals surface area contributed by atoms with E-state index in [1.165, 1.54) is 0 Å². The largest absolute Gasteiger partial charge is 0.673 e. The minimum Gasteiger partial charge on any atom is -0.418 e. The smallest absolute Gasteiger partial charge is 0.418 e. The molecular formula is C3H3BF4S2. The third-order valence-electron chi connectivity index (χ3n) is 0.324. The van der Waals surface area contributed by atoms with Crippen LogP contribution in [0.2, 0.25) is 0 Å². The van der Waals surface area contributed by atoms with Crippen molar-refractivity contribution in [3.63, 3.8) is 0 Å². The van der Waals surface area contributed by atoms with Gasteiger partial charge >= 0.3 is 7.25 Å². The summed E-state index contributed by atoms with van der Waals surface area (Å²) >= 11 is 0. The molecule has 0 aliphatic heterocycles. The Morgan fingerprint density at radius 2 is 1.70 bits per heavy atom. The highest BCUT2D eigenvalue weighted by Crippen LogP contribution is 2.06. The number of hydrogen-bond donors (Lipinski definition) is 0. The van der Waals surface area contributed by atoms with Gasteiger partial charge in [0.15, 0.2) is 10.3 Å². The Hall–Kier alpha value is -0.165. The molecule has 10 heavy (non-hydrogen) atoms. The van der Waals surface area contributed by atoms with E-state index in [4.69, 9.17) is 0 Å². The van der Waals surface area contributed by atoms with Gasteiger partial charge < -0.3 is 17.3 Å². The van der Waals surface area contributed by atoms with Crippen molar-refractivity contribution in [1.29, 1.82) is 0 Å². The number of rotatable bonds is 0. The van der Waals surface area contributed by atoms with Crippen LogP contribution in [0.15, 0.2) is 16.8 Å². The second-order valence-corrected chi connectivity index (χ2v) is 3.24. The van der Waals surface area contributed by atoms with Gasteiger partial charge in [-0.15, -0.1) is 0 Å². The highest BCUT2D eigenvalue weighted by atomic mass is 32.9. The van der Waals surface area contributed by atoms with Gasteiger partial charge in [0.05, 0.1) is 5.38 Å². The van der Waals surface area contributed by atoms with Gasteiger partial charge in [0.1, 0.15) is 0 Å². The summed E-state index contributed by atoms with van der Waals surface area (Å²) < 4.78 is 39.0. The Balaban J connectivity index is 0.000000162. The molecule has 0 unspecified atom stereocenters. The average molecular weight is 190 g/mol. The molecule has 1 rings (SSSR count). The maximum atomic E-state index is 9.75. The molecule has 0 atom stereocenters. The van der Waals surface area contributed by atoms with Crippen LogP contribution in [0.5, 0.6) is 0 Å². The van der Waals surface area contributed by atoms with Crippen LogP contribution in [0.4, 0.5) is 17.3 Å². The normalized spacial score (nSPS) is 10.0. The number of halogens is 4. The minimum absolute atomic E-state index is 1.75. The van der Waals surface area contributed by atoms with E-state index < -0.39 is 7.25 Å². The van der Waals surface area contributed by atoms with E-state index in [0.717, 1.165) is 0 Å². The van der Waals surface area contributed by atoms with Gasteiger partial charge in [-0.05, 0) is 0 Å². The van der Waals surface area contributed by atoms with Crippen LogP contribution in [0, 0.1) is 0 Å². The van der Waals surface area contributed by atoms with Crippen molar-refractivity contribution in [2.75, 3.05) is 0 Å². The lowest BCUT2D eigenvalue weighted by Gasteiger charge is -1.94. The molecule has 0 saturated heterocycles. The summed E-state index contributed by atoms with van der Waals surface area (Å²) in [6, 6.07) is 2.04. The average Bonchev–Trinajstić information content (AvgIpc) is 2.07. The molecule has 0 radical (unpaired) electrons. The highest BCUT2D eigenvalue weighted by Gasteiger charge is 2.20. The van der Waals surface area contributed by atoms with Crippen LogP contribution in [0.3, 0.4) is 0 Å². The maximum Gasteiger partial charge on any atom is 0.673 e. The SMILES string of the molecule is F[B-](F)(F)F.c1cs[s+]c1. The summed E-state index contributed by atoms with van der Waals surface area (Å²) in [5.41, 5.74) is 0. The molecule has 0 aliphatic rings. The van der Waals surface area contributed by atoms with Gasteiger partial charge in [-0.2, -0.15) is 0 Å². The van der Waals surface area contributed by atoms with Gasteiger partial charge in [0, 0.05) is 6.07 Å². The van der Waals surface area contributed by atoms with E-state index >= 15 is 0 Å². The van der Waals surface area contributed by atoms with Gasteiger partial charge in [-0.3, -0.25) is 0 Å². The molecule has 0 aromatic carbocycles. The molecule has 0 bridgehead atoms. The summed E-state index contributed by atoms with van der Waals surface area (Å²) in [7, 11) is -2.49. The molecule has 1 aromatic heterocycles. The summed E-state index contributed by atoms with van der Waals surface area (Å²) in [5, 5.41) is 4.12. The lowest BCUT2D eigenvalue weighted by molar-refractivity contribution is 0.368. The van der Waals surface area contributed by atoms with E-state index in [-0.39, 0.29) is 0 Å². The van der Waals surface area contributed by atoms with Crippen LogP contribution in [0.1, 0.15) is 0 Å². The minimum atomic E-state index is -6.00. The molecular weight excluding hydrogens is 187 g/mol. The summed E-state index contributed by atoms with van der Waals surface area (Å²) in [5.74, 6) is 0. The molecule has 0 fully saturated rings. The zero-order valence-electron chi connectivity index (χ0n) is 4.64. The van der Waals surface area contributed by atoms with Crippen molar-refractivity contribution in [3.8, 4) is 0 Å². The fraction of sp³-hybridized carbons (Fsp3) is 0. The Morgan fingerprint density at radius 3 is 1.80 bits per heavy atom. The van der Waals surface area contributed by atoms with Crippen LogP contribution in [-0.2, 0) is 0 Å². The van der Waals surface area contributed by atoms with Gasteiger partial charge in [-0.1, -0.05) is 0 Å². The van der Waals surface area contributed by atoms with E-state index in [0.29, 0.717) is 0 Å². The zero-order chi connectivity index (χ0) is 8.04. The van der Waals surface area contributed by atoms with E-state index in [1.54, 1.807) is 20.7 Å². The summed E-state index contributed by atoms with van der Waals surface area (Å²) in [6.45, 7) is 0. The molecule has 0 saturated carbocycles. The van der Waals surface area contributed by atoms with Crippen LogP contribution < -0.4 is 0 Å². The topological polar surface area (TPSA) is 0 Å². The van der Waals surface area contributed by atoms with E-state index in [2.05, 4.69) is 10.8 Å². The van der Waals surface area contributed by atoms with Gasteiger partial charge in [-0.25, -0.2) is 0 Å². The first kappa shape index (κ1) is 9.83. The third-order valence-corrected chi connectivity index (χ3v) is 1.97. The molecule has 0 N–H and O–H groups in total. The van der Waals surface area contributed by atoms with Gasteiger partial charge in [0.2, 0.25) is 5.38 Å². The molecule has 0 amide bonds. The van der Waals surface area contributed by atoms with Crippen LogP contribution in [0.25, 0.3) is 0 Å². The lowest BCUT2D eigenvalue weighted by atomic mass is 10.3. The van der Waals surface area contributed by atoms with E-state index in [1.807, 2.05) is 6.07 Å². The first-order valence-electron chi connectivity index (χ1n) is 2.18. The monoisotopic (exact) mass is 190 g/mol. The van der Waals surface area contributed by atoms with Crippen LogP contribution in [-0.4, -0.2) is 7.25 Å². The Kier molecular flexibility index (Phi) is 4.54. The first-order valence-corrected chi connectivity index (χ1v) is 4.45. The summed E-state index contributed by atoms with van der Waals surface area (Å²) in [4.78, 5) is 0. The molecule has 7 heteroatoms. The quantitative estimate of drug-likeness (QED) is 0.254. The van der Waals surface area contributed by atoms with Crippen molar-refractivity contribution >= 4 is 27.9 Å². The van der Waals surface area contributed by atoms with Crippen molar-refractivity contribution in [1.82, 2.24) is 0 Å². The van der Waals surface area contributed by atoms with Crippen molar-refractivity contribution in [3.05, 3.63) is 16.8 Å². The fourth-order valence-corrected chi connectivity index (χ4v) is 1.44. The maximum absolute atomic E-state index is 9.75. The second kappa shape index (κ2) is 4.62. The van der Waals surface area contributed by atoms with Crippen molar-refractivity contribution in [2.45, 2.75) is 0 Å². The van der Waals surface area contributed by atoms with Crippen molar-refractivity contribution in [2.24, 2.45) is 0 Å². The molecule has 58 valence electrons. The Morgan fingerprint density at radius 1 is 1.20 bits per heavy atom. The standard InChI is InChI=1S/C3H3S2.BF4/c1-2-4-5-3-1;2-1(3,4)5/h1-3H;/q+1;-1. The fourth-order valence-electron chi connectivity index (χ4n) is 0.160. The predicted octanol–water partition coefficient (Wildman–Crippen LogP) is 3.39. The Labute approximate surface area is 62.6 Å². The third kappa shape index (κ3) is 15.7. The van der Waals surface area contributed by atoms with Crippen molar-refractivity contribution < 1.29 is 17.3 Å². The lowest BCUT2D eigenvalue weighted by Crippen LogP contribution is -2.02. The Bertz CT molecular complexity index is 125. The first-order chi connectivity index (χ1) is 4.50. The van der Waals surface area contributed by atoms with Crippen LogP contribution >= 0.6 is 20.7 Å². The van der Waals surface area contributed by atoms with E-state index in [9.17, 15) is 17.3 Å². The molecule has 0 spiro atoms. The second-order valence-electron chi connectivity index (χ2n) is 1.15. The molecule has 1 aromatic rings. The zero-order valence-corrected chi connectivity index (χ0v) is 6.27. The highest BCUT2D eigenvalue weighted by molar-refractivity contribution is 7.67. The summed E-state index contributed by atoms with van der Waals surface area (Å²) in [6.07, 6.45) is 0. The molecule has 0 nitrogen and oxygen atoms in total. The molecule has 0 aliphatic carbocycles. The number of hydrogen-bond acceptors (Lipinski definition) is 1. The predicted molar refractivity (Wildman–Crippen MR) is 36.8 cm³/mol.